The zero-order valence-corrected chi connectivity index (χ0v) is 10.4. The van der Waals surface area contributed by atoms with E-state index in [-0.39, 0.29) is 11.8 Å². The van der Waals surface area contributed by atoms with Crippen molar-refractivity contribution in [3.8, 4) is 0 Å². The van der Waals surface area contributed by atoms with Crippen molar-refractivity contribution in [3.63, 3.8) is 0 Å². The Morgan fingerprint density at radius 3 is 2.94 bits per heavy atom. The molecule has 0 aliphatic carbocycles. The highest BCUT2D eigenvalue weighted by Gasteiger charge is 2.29. The minimum absolute atomic E-state index is 0.105. The number of aromatic nitrogens is 1. The molecule has 1 aromatic rings. The van der Waals surface area contributed by atoms with Gasteiger partial charge in [0.25, 0.3) is 0 Å². The van der Waals surface area contributed by atoms with E-state index in [0.29, 0.717) is 12.5 Å². The van der Waals surface area contributed by atoms with Crippen molar-refractivity contribution in [3.05, 3.63) is 29.6 Å². The summed E-state index contributed by atoms with van der Waals surface area (Å²) in [7, 11) is 0. The Labute approximate surface area is 102 Å². The van der Waals surface area contributed by atoms with Gasteiger partial charge >= 0.3 is 0 Å². The summed E-state index contributed by atoms with van der Waals surface area (Å²) >= 11 is 0. The lowest BCUT2D eigenvalue weighted by Gasteiger charge is -2.14. The molecule has 2 rings (SSSR count). The van der Waals surface area contributed by atoms with E-state index in [1.165, 1.54) is 0 Å². The number of carbonyl (C=O) groups is 1. The summed E-state index contributed by atoms with van der Waals surface area (Å²) in [6.07, 6.45) is 1.81. The maximum Gasteiger partial charge on any atom is 0.224 e. The van der Waals surface area contributed by atoms with Crippen molar-refractivity contribution < 1.29 is 4.79 Å². The number of carbonyl (C=O) groups excluding carboxylic acids is 1. The van der Waals surface area contributed by atoms with Gasteiger partial charge in [0, 0.05) is 25.0 Å². The number of pyridine rings is 1. The fourth-order valence-electron chi connectivity index (χ4n) is 2.08. The summed E-state index contributed by atoms with van der Waals surface area (Å²) in [5.74, 6) is 0.669. The van der Waals surface area contributed by atoms with Crippen LogP contribution in [0.25, 0.3) is 0 Å². The molecule has 92 valence electrons. The average Bonchev–Trinajstić information content (AvgIpc) is 2.74. The predicted octanol–water partition coefficient (Wildman–Crippen LogP) is 0.862. The molecule has 4 heteroatoms. The first-order valence-corrected chi connectivity index (χ1v) is 6.07. The molecule has 0 spiro atoms. The largest absolute Gasteiger partial charge is 0.352 e. The standard InChI is InChI=1S/C13H19N3O/c1-9-5-14-8-12(9)13(17)16-7-11-4-3-10(2)15-6-11/h3-4,6,9,12,14H,5,7-8H2,1-2H3,(H,16,17). The number of aryl methyl sites for hydroxylation is 1. The second-order valence-corrected chi connectivity index (χ2v) is 4.77. The minimum atomic E-state index is 0.105. The summed E-state index contributed by atoms with van der Waals surface area (Å²) in [6, 6.07) is 3.96. The normalized spacial score (nSPS) is 23.6. The lowest BCUT2D eigenvalue weighted by atomic mass is 9.97. The molecule has 2 heterocycles. The van der Waals surface area contributed by atoms with Crippen LogP contribution in [0.15, 0.2) is 18.3 Å². The molecule has 1 saturated heterocycles. The van der Waals surface area contributed by atoms with Gasteiger partial charge < -0.3 is 10.6 Å². The van der Waals surface area contributed by atoms with Gasteiger partial charge in [0.05, 0.1) is 5.92 Å². The third-order valence-corrected chi connectivity index (χ3v) is 3.29. The summed E-state index contributed by atoms with van der Waals surface area (Å²) in [4.78, 5) is 16.1. The lowest BCUT2D eigenvalue weighted by Crippen LogP contribution is -2.33. The molecule has 1 fully saturated rings. The fraction of sp³-hybridized carbons (Fsp3) is 0.538. The first kappa shape index (κ1) is 12.0. The van der Waals surface area contributed by atoms with Gasteiger partial charge in [-0.05, 0) is 31.0 Å². The second-order valence-electron chi connectivity index (χ2n) is 4.77. The minimum Gasteiger partial charge on any atom is -0.352 e. The van der Waals surface area contributed by atoms with Crippen molar-refractivity contribution in [2.45, 2.75) is 20.4 Å². The molecule has 1 aromatic heterocycles. The van der Waals surface area contributed by atoms with Crippen molar-refractivity contribution in [2.24, 2.45) is 11.8 Å². The number of hydrogen-bond donors (Lipinski definition) is 2. The molecule has 4 nitrogen and oxygen atoms in total. The van der Waals surface area contributed by atoms with Crippen LogP contribution in [-0.2, 0) is 11.3 Å². The van der Waals surface area contributed by atoms with Crippen molar-refractivity contribution in [1.82, 2.24) is 15.6 Å². The Morgan fingerprint density at radius 2 is 2.35 bits per heavy atom. The first-order chi connectivity index (χ1) is 8.16. The number of amides is 1. The quantitative estimate of drug-likeness (QED) is 0.814. The smallest absolute Gasteiger partial charge is 0.224 e. The van der Waals surface area contributed by atoms with E-state index in [0.717, 1.165) is 24.3 Å². The Hall–Kier alpha value is -1.42. The second kappa shape index (κ2) is 5.27. The highest BCUT2D eigenvalue weighted by atomic mass is 16.1. The average molecular weight is 233 g/mol. The maximum absolute atomic E-state index is 11.9. The zero-order valence-electron chi connectivity index (χ0n) is 10.4. The van der Waals surface area contributed by atoms with Crippen molar-refractivity contribution in [1.29, 1.82) is 0 Å². The van der Waals surface area contributed by atoms with Crippen LogP contribution in [0, 0.1) is 18.8 Å². The Kier molecular flexibility index (Phi) is 3.74. The van der Waals surface area contributed by atoms with E-state index in [4.69, 9.17) is 0 Å². The maximum atomic E-state index is 11.9. The van der Waals surface area contributed by atoms with Crippen LogP contribution >= 0.6 is 0 Å². The summed E-state index contributed by atoms with van der Waals surface area (Å²) < 4.78 is 0. The first-order valence-electron chi connectivity index (χ1n) is 6.07. The SMILES string of the molecule is Cc1ccc(CNC(=O)C2CNCC2C)cn1. The number of nitrogens with one attached hydrogen (secondary N) is 2. The van der Waals surface area contributed by atoms with Crippen LogP contribution < -0.4 is 10.6 Å². The van der Waals surface area contributed by atoms with E-state index in [1.807, 2.05) is 25.3 Å². The molecule has 1 aliphatic heterocycles. The molecule has 0 saturated carbocycles. The molecule has 2 atom stereocenters. The monoisotopic (exact) mass is 233 g/mol. The number of nitrogens with zero attached hydrogens (tertiary/aromatic N) is 1. The molecule has 2 unspecified atom stereocenters. The van der Waals surface area contributed by atoms with Crippen molar-refractivity contribution >= 4 is 5.91 Å². The number of rotatable bonds is 3. The fourth-order valence-corrected chi connectivity index (χ4v) is 2.08. The highest BCUT2D eigenvalue weighted by molar-refractivity contribution is 5.79. The van der Waals surface area contributed by atoms with Crippen LogP contribution in [0.5, 0.6) is 0 Å². The van der Waals surface area contributed by atoms with E-state index in [2.05, 4.69) is 22.5 Å². The van der Waals surface area contributed by atoms with E-state index < -0.39 is 0 Å². The Bertz CT molecular complexity index is 388. The highest BCUT2D eigenvalue weighted by Crippen LogP contribution is 2.15. The topological polar surface area (TPSA) is 54.0 Å². The van der Waals surface area contributed by atoms with E-state index >= 15 is 0 Å². The van der Waals surface area contributed by atoms with Gasteiger partial charge in [-0.15, -0.1) is 0 Å². The Balaban J connectivity index is 1.85. The van der Waals surface area contributed by atoms with Gasteiger partial charge in [-0.3, -0.25) is 9.78 Å². The molecule has 0 bridgehead atoms. The van der Waals surface area contributed by atoms with Gasteiger partial charge in [-0.25, -0.2) is 0 Å². The molecule has 0 radical (unpaired) electrons. The molecule has 0 aromatic carbocycles. The van der Waals surface area contributed by atoms with Crippen LogP contribution in [0.2, 0.25) is 0 Å². The molecule has 2 N–H and O–H groups in total. The molecule has 1 amide bonds. The predicted molar refractivity (Wildman–Crippen MR) is 66.3 cm³/mol. The summed E-state index contributed by atoms with van der Waals surface area (Å²) in [5, 5.41) is 6.21. The molecule has 1 aliphatic rings. The van der Waals surface area contributed by atoms with Gasteiger partial charge in [0.1, 0.15) is 0 Å². The summed E-state index contributed by atoms with van der Waals surface area (Å²) in [5.41, 5.74) is 2.04. The summed E-state index contributed by atoms with van der Waals surface area (Å²) in [6.45, 7) is 6.35. The van der Waals surface area contributed by atoms with Crippen LogP contribution in [0.1, 0.15) is 18.2 Å². The molecule has 17 heavy (non-hydrogen) atoms. The van der Waals surface area contributed by atoms with E-state index in [9.17, 15) is 4.79 Å². The van der Waals surface area contributed by atoms with Crippen LogP contribution in [0.3, 0.4) is 0 Å². The van der Waals surface area contributed by atoms with E-state index in [1.54, 1.807) is 0 Å². The third-order valence-electron chi connectivity index (χ3n) is 3.29. The van der Waals surface area contributed by atoms with Crippen LogP contribution in [0.4, 0.5) is 0 Å². The van der Waals surface area contributed by atoms with Gasteiger partial charge in [0.2, 0.25) is 5.91 Å². The zero-order chi connectivity index (χ0) is 12.3. The Morgan fingerprint density at radius 1 is 1.53 bits per heavy atom. The van der Waals surface area contributed by atoms with Gasteiger partial charge in [0.15, 0.2) is 0 Å². The third kappa shape index (κ3) is 3.03. The lowest BCUT2D eigenvalue weighted by molar-refractivity contribution is -0.125. The molecular formula is C13H19N3O. The van der Waals surface area contributed by atoms with Gasteiger partial charge in [-0.2, -0.15) is 0 Å². The van der Waals surface area contributed by atoms with Gasteiger partial charge in [-0.1, -0.05) is 13.0 Å². The van der Waals surface area contributed by atoms with Crippen LogP contribution in [-0.4, -0.2) is 24.0 Å². The van der Waals surface area contributed by atoms with Crippen molar-refractivity contribution in [2.75, 3.05) is 13.1 Å². The molecular weight excluding hydrogens is 214 g/mol. The number of hydrogen-bond acceptors (Lipinski definition) is 3.